The molecule has 2 rings (SSSR count). The first-order chi connectivity index (χ1) is 10.9. The van der Waals surface area contributed by atoms with Gasteiger partial charge in [0, 0.05) is 11.6 Å². The molecule has 0 bridgehead atoms. The first kappa shape index (κ1) is 17.5. The molecule has 1 aromatic carbocycles. The Balaban J connectivity index is 2.20. The average Bonchev–Trinajstić information content (AvgIpc) is 2.80. The molecule has 0 radical (unpaired) electrons. The Labute approximate surface area is 143 Å². The first-order valence-electron chi connectivity index (χ1n) is 7.00. The lowest BCUT2D eigenvalue weighted by molar-refractivity contribution is -0.139. The molecule has 8 heteroatoms. The van der Waals surface area contributed by atoms with Gasteiger partial charge in [-0.2, -0.15) is 5.10 Å². The minimum absolute atomic E-state index is 0.223. The summed E-state index contributed by atoms with van der Waals surface area (Å²) in [5.74, 6) is -1.24. The molecule has 0 unspecified atom stereocenters. The Morgan fingerprint density at radius 2 is 2.04 bits per heavy atom. The number of thioether (sulfide) groups is 1. The van der Waals surface area contributed by atoms with E-state index in [2.05, 4.69) is 10.2 Å². The number of nitrogens with zero attached hydrogens (tertiary/aromatic N) is 3. The average molecular weight is 354 g/mol. The van der Waals surface area contributed by atoms with Crippen LogP contribution in [0.3, 0.4) is 0 Å². The van der Waals surface area contributed by atoms with Crippen molar-refractivity contribution >= 4 is 46.1 Å². The second-order valence-corrected chi connectivity index (χ2v) is 6.47. The summed E-state index contributed by atoms with van der Waals surface area (Å²) < 4.78 is 0. The van der Waals surface area contributed by atoms with Gasteiger partial charge in [-0.1, -0.05) is 35.5 Å². The number of amidine groups is 1. The van der Waals surface area contributed by atoms with Crippen LogP contribution >= 0.6 is 23.4 Å². The summed E-state index contributed by atoms with van der Waals surface area (Å²) in [6, 6.07) is 7.19. The zero-order valence-corrected chi connectivity index (χ0v) is 14.3. The number of hydrogen-bond acceptors (Lipinski definition) is 5. The Morgan fingerprint density at radius 1 is 1.39 bits per heavy atom. The molecule has 23 heavy (non-hydrogen) atoms. The van der Waals surface area contributed by atoms with Gasteiger partial charge in [-0.15, -0.1) is 5.10 Å². The molecule has 1 N–H and O–H groups in total. The molecule has 0 aliphatic carbocycles. The lowest BCUT2D eigenvalue weighted by atomic mass is 10.1. The van der Waals surface area contributed by atoms with E-state index >= 15 is 0 Å². The van der Waals surface area contributed by atoms with Crippen LogP contribution in [0.15, 0.2) is 34.5 Å². The zero-order chi connectivity index (χ0) is 17.0. The van der Waals surface area contributed by atoms with Gasteiger partial charge in [-0.05, 0) is 31.5 Å². The lowest BCUT2D eigenvalue weighted by Gasteiger charge is -2.11. The fraction of sp³-hybridized carbons (Fsp3) is 0.333. The Morgan fingerprint density at radius 3 is 2.61 bits per heavy atom. The quantitative estimate of drug-likeness (QED) is 0.651. The molecule has 0 aromatic heterocycles. The standard InChI is InChI=1S/C15H16ClN3O3S/c1-3-19-14(22)12(8-13(20)21)23-15(19)18-17-9(2)10-4-6-11(16)7-5-10/h4-7,12H,3,8H2,1-2H3,(H,20,21)/b17-9-,18-15+/t12-/m1/s1. The fourth-order valence-electron chi connectivity index (χ4n) is 2.03. The van der Waals surface area contributed by atoms with Gasteiger partial charge < -0.3 is 5.11 Å². The third-order valence-electron chi connectivity index (χ3n) is 3.24. The van der Waals surface area contributed by atoms with E-state index in [1.54, 1.807) is 19.1 Å². The van der Waals surface area contributed by atoms with Crippen LogP contribution < -0.4 is 0 Å². The third kappa shape index (κ3) is 4.33. The molecule has 0 spiro atoms. The van der Waals surface area contributed by atoms with Crippen LogP contribution in [-0.4, -0.2) is 44.6 Å². The van der Waals surface area contributed by atoms with Crippen LogP contribution in [0.1, 0.15) is 25.8 Å². The molecule has 1 atom stereocenters. The molecule has 1 aromatic rings. The van der Waals surface area contributed by atoms with Gasteiger partial charge in [-0.3, -0.25) is 14.5 Å². The predicted octanol–water partition coefficient (Wildman–Crippen LogP) is 2.86. The summed E-state index contributed by atoms with van der Waals surface area (Å²) in [7, 11) is 0. The van der Waals surface area contributed by atoms with Crippen LogP contribution in [0.25, 0.3) is 0 Å². The molecule has 6 nitrogen and oxygen atoms in total. The summed E-state index contributed by atoms with van der Waals surface area (Å²) in [5, 5.41) is 17.6. The molecule has 0 saturated carbocycles. The van der Waals surface area contributed by atoms with Crippen molar-refractivity contribution in [3.8, 4) is 0 Å². The topological polar surface area (TPSA) is 82.3 Å². The van der Waals surface area contributed by atoms with E-state index in [0.717, 1.165) is 17.3 Å². The van der Waals surface area contributed by atoms with Crippen LogP contribution in [-0.2, 0) is 9.59 Å². The van der Waals surface area contributed by atoms with Crippen molar-refractivity contribution in [2.45, 2.75) is 25.5 Å². The fourth-order valence-corrected chi connectivity index (χ4v) is 3.30. The van der Waals surface area contributed by atoms with Gasteiger partial charge in [-0.25, -0.2) is 0 Å². The van der Waals surface area contributed by atoms with Gasteiger partial charge in [0.1, 0.15) is 5.25 Å². The van der Waals surface area contributed by atoms with Crippen molar-refractivity contribution in [2.24, 2.45) is 10.2 Å². The van der Waals surface area contributed by atoms with Gasteiger partial charge in [0.05, 0.1) is 12.1 Å². The number of aliphatic carboxylic acids is 1. The molecule has 1 fully saturated rings. The zero-order valence-electron chi connectivity index (χ0n) is 12.7. The van der Waals surface area contributed by atoms with Gasteiger partial charge in [0.25, 0.3) is 0 Å². The summed E-state index contributed by atoms with van der Waals surface area (Å²) in [4.78, 5) is 24.4. The van der Waals surface area contributed by atoms with Crippen LogP contribution in [0.2, 0.25) is 5.02 Å². The van der Waals surface area contributed by atoms with E-state index < -0.39 is 11.2 Å². The second-order valence-electron chi connectivity index (χ2n) is 4.86. The predicted molar refractivity (Wildman–Crippen MR) is 92.1 cm³/mol. The van der Waals surface area contributed by atoms with Crippen LogP contribution in [0.4, 0.5) is 0 Å². The van der Waals surface area contributed by atoms with Crippen molar-refractivity contribution < 1.29 is 14.7 Å². The highest BCUT2D eigenvalue weighted by molar-refractivity contribution is 8.15. The van der Waals surface area contributed by atoms with Gasteiger partial charge in [0.15, 0.2) is 5.17 Å². The highest BCUT2D eigenvalue weighted by atomic mass is 35.5. The molecule has 1 saturated heterocycles. The second kappa shape index (κ2) is 7.61. The van der Waals surface area contributed by atoms with Crippen LogP contribution in [0, 0.1) is 0 Å². The van der Waals surface area contributed by atoms with E-state index in [1.807, 2.05) is 19.1 Å². The molecule has 1 heterocycles. The highest BCUT2D eigenvalue weighted by Gasteiger charge is 2.38. The molecule has 1 aliphatic heterocycles. The van der Waals surface area contributed by atoms with E-state index in [9.17, 15) is 9.59 Å². The third-order valence-corrected chi connectivity index (χ3v) is 4.66. The van der Waals surface area contributed by atoms with Crippen molar-refractivity contribution in [2.75, 3.05) is 6.54 Å². The number of carboxylic acids is 1. The maximum atomic E-state index is 12.1. The minimum atomic E-state index is -1.01. The van der Waals surface area contributed by atoms with Gasteiger partial charge >= 0.3 is 5.97 Å². The SMILES string of the molecule is CCN1C(=O)[C@@H](CC(=O)O)S/C1=N/N=C(/C)c1ccc(Cl)cc1. The highest BCUT2D eigenvalue weighted by Crippen LogP contribution is 2.29. The van der Waals surface area contributed by atoms with Crippen molar-refractivity contribution in [3.05, 3.63) is 34.9 Å². The molecule has 122 valence electrons. The van der Waals surface area contributed by atoms with E-state index in [-0.39, 0.29) is 12.3 Å². The molecule has 1 aliphatic rings. The summed E-state index contributed by atoms with van der Waals surface area (Å²) in [6.45, 7) is 4.04. The summed E-state index contributed by atoms with van der Waals surface area (Å²) in [6.07, 6.45) is -0.223. The Kier molecular flexibility index (Phi) is 5.79. The largest absolute Gasteiger partial charge is 0.481 e. The monoisotopic (exact) mass is 353 g/mol. The van der Waals surface area contributed by atoms with Gasteiger partial charge in [0.2, 0.25) is 5.91 Å². The van der Waals surface area contributed by atoms with Crippen LogP contribution in [0.5, 0.6) is 0 Å². The smallest absolute Gasteiger partial charge is 0.305 e. The molecular formula is C15H16ClN3O3S. The minimum Gasteiger partial charge on any atom is -0.481 e. The maximum absolute atomic E-state index is 12.1. The number of hydrogen-bond donors (Lipinski definition) is 1. The summed E-state index contributed by atoms with van der Waals surface area (Å²) in [5.41, 5.74) is 1.55. The number of amides is 1. The normalized spacial score (nSPS) is 20.4. The van der Waals surface area contributed by atoms with E-state index in [4.69, 9.17) is 16.7 Å². The summed E-state index contributed by atoms with van der Waals surface area (Å²) >= 11 is 6.98. The number of carboxylic acid groups (broad SMARTS) is 1. The number of carbonyl (C=O) groups is 2. The van der Waals surface area contributed by atoms with Crippen molar-refractivity contribution in [1.82, 2.24) is 4.90 Å². The molecular weight excluding hydrogens is 338 g/mol. The van der Waals surface area contributed by atoms with E-state index in [0.29, 0.717) is 22.4 Å². The first-order valence-corrected chi connectivity index (χ1v) is 8.26. The van der Waals surface area contributed by atoms with Crippen molar-refractivity contribution in [3.63, 3.8) is 0 Å². The number of carbonyl (C=O) groups excluding carboxylic acids is 1. The molecule has 1 amide bonds. The number of rotatable bonds is 5. The van der Waals surface area contributed by atoms with E-state index in [1.165, 1.54) is 4.90 Å². The Bertz CT molecular complexity index is 673. The van der Waals surface area contributed by atoms with Crippen molar-refractivity contribution in [1.29, 1.82) is 0 Å². The Hall–Kier alpha value is -1.86. The maximum Gasteiger partial charge on any atom is 0.305 e. The number of benzene rings is 1. The lowest BCUT2D eigenvalue weighted by Crippen LogP contribution is -2.32. The number of halogens is 1.